The number of aromatic nitrogens is 1. The van der Waals surface area contributed by atoms with Crippen molar-refractivity contribution in [1.29, 1.82) is 0 Å². The molecule has 0 saturated carbocycles. The molecule has 0 bridgehead atoms. The molecular weight excluding hydrogens is 228 g/mol. The van der Waals surface area contributed by atoms with Crippen LogP contribution in [-0.2, 0) is 11.2 Å². The Morgan fingerprint density at radius 3 is 2.72 bits per heavy atom. The van der Waals surface area contributed by atoms with Crippen LogP contribution < -0.4 is 10.5 Å². The minimum atomic E-state index is -0.386. The maximum atomic E-state index is 11.9. The van der Waals surface area contributed by atoms with Crippen LogP contribution in [0.2, 0.25) is 0 Å². The van der Waals surface area contributed by atoms with Gasteiger partial charge in [-0.25, -0.2) is 0 Å². The van der Waals surface area contributed by atoms with Crippen LogP contribution in [0.5, 0.6) is 5.75 Å². The molecule has 0 spiro atoms. The Balaban J connectivity index is 2.89. The van der Waals surface area contributed by atoms with E-state index in [1.165, 1.54) is 0 Å². The number of ether oxygens (including phenoxy) is 1. The number of methoxy groups -OCH3 is 1. The molecule has 0 aliphatic rings. The van der Waals surface area contributed by atoms with Gasteiger partial charge in [0.15, 0.2) is 5.78 Å². The third kappa shape index (κ3) is 3.29. The van der Waals surface area contributed by atoms with E-state index in [4.69, 9.17) is 10.5 Å². The van der Waals surface area contributed by atoms with Crippen molar-refractivity contribution in [1.82, 2.24) is 4.98 Å². The number of pyridine rings is 1. The molecule has 0 aliphatic carbocycles. The van der Waals surface area contributed by atoms with Crippen molar-refractivity contribution in [2.24, 2.45) is 5.73 Å². The van der Waals surface area contributed by atoms with Crippen molar-refractivity contribution in [3.63, 3.8) is 0 Å². The second kappa shape index (κ2) is 6.50. The van der Waals surface area contributed by atoms with Crippen LogP contribution in [-0.4, -0.2) is 23.9 Å². The third-order valence-corrected chi connectivity index (χ3v) is 3.10. The molecule has 4 nitrogen and oxygen atoms in total. The lowest BCUT2D eigenvalue weighted by Gasteiger charge is -2.13. The Labute approximate surface area is 109 Å². The molecule has 4 heteroatoms. The predicted molar refractivity (Wildman–Crippen MR) is 71.9 cm³/mol. The molecule has 0 saturated heterocycles. The highest BCUT2D eigenvalue weighted by Gasteiger charge is 2.17. The molecule has 0 aromatic carbocycles. The van der Waals surface area contributed by atoms with Gasteiger partial charge < -0.3 is 10.5 Å². The summed E-state index contributed by atoms with van der Waals surface area (Å²) in [6, 6.07) is -0.386. The second-order valence-electron chi connectivity index (χ2n) is 4.58. The Morgan fingerprint density at radius 1 is 1.50 bits per heavy atom. The average Bonchev–Trinajstić information content (AvgIpc) is 2.33. The van der Waals surface area contributed by atoms with Gasteiger partial charge in [0.2, 0.25) is 0 Å². The first-order valence-corrected chi connectivity index (χ1v) is 6.28. The van der Waals surface area contributed by atoms with E-state index < -0.39 is 0 Å². The first kappa shape index (κ1) is 14.6. The van der Waals surface area contributed by atoms with Crippen LogP contribution in [0.3, 0.4) is 0 Å². The molecule has 0 fully saturated rings. The monoisotopic (exact) mass is 250 g/mol. The van der Waals surface area contributed by atoms with E-state index in [1.807, 2.05) is 20.8 Å². The van der Waals surface area contributed by atoms with Gasteiger partial charge in [-0.15, -0.1) is 0 Å². The van der Waals surface area contributed by atoms with E-state index in [0.29, 0.717) is 0 Å². The number of nitrogens with two attached hydrogens (primary N) is 1. The highest BCUT2D eigenvalue weighted by Crippen LogP contribution is 2.24. The van der Waals surface area contributed by atoms with Gasteiger partial charge in [0.25, 0.3) is 0 Å². The fraction of sp³-hybridized carbons (Fsp3) is 0.571. The number of rotatable bonds is 6. The maximum Gasteiger partial charge on any atom is 0.155 e. The standard InChI is InChI=1S/C14H22N2O2/c1-5-6-11(15)13(17)7-12-10(3)14(18-4)9(2)8-16-12/h8,11H,5-7,15H2,1-4H3. The summed E-state index contributed by atoms with van der Waals surface area (Å²) >= 11 is 0. The Bertz CT molecular complexity index is 430. The highest BCUT2D eigenvalue weighted by atomic mass is 16.5. The van der Waals surface area contributed by atoms with Crippen molar-refractivity contribution in [3.8, 4) is 5.75 Å². The molecule has 1 atom stereocenters. The van der Waals surface area contributed by atoms with Crippen molar-refractivity contribution >= 4 is 5.78 Å². The van der Waals surface area contributed by atoms with E-state index in [-0.39, 0.29) is 18.2 Å². The number of carbonyl (C=O) groups excluding carboxylic acids is 1. The first-order valence-electron chi connectivity index (χ1n) is 6.28. The second-order valence-corrected chi connectivity index (χ2v) is 4.58. The van der Waals surface area contributed by atoms with Crippen LogP contribution in [0.4, 0.5) is 0 Å². The molecule has 1 aromatic rings. The molecule has 2 N–H and O–H groups in total. The number of nitrogens with zero attached hydrogens (tertiary/aromatic N) is 1. The number of aryl methyl sites for hydroxylation is 1. The fourth-order valence-electron chi connectivity index (χ4n) is 2.02. The molecule has 1 rings (SSSR count). The van der Waals surface area contributed by atoms with Crippen molar-refractivity contribution < 1.29 is 9.53 Å². The smallest absolute Gasteiger partial charge is 0.155 e. The van der Waals surface area contributed by atoms with Gasteiger partial charge in [0, 0.05) is 17.3 Å². The summed E-state index contributed by atoms with van der Waals surface area (Å²) in [6.07, 6.45) is 3.65. The molecule has 0 amide bonds. The summed E-state index contributed by atoms with van der Waals surface area (Å²) in [5.41, 5.74) is 8.48. The minimum absolute atomic E-state index is 0.0401. The van der Waals surface area contributed by atoms with Gasteiger partial charge in [0.05, 0.1) is 25.3 Å². The maximum absolute atomic E-state index is 11.9. The SMILES string of the molecule is CCCC(N)C(=O)Cc1ncc(C)c(OC)c1C. The van der Waals surface area contributed by atoms with E-state index in [0.717, 1.165) is 35.4 Å². The van der Waals surface area contributed by atoms with E-state index >= 15 is 0 Å². The van der Waals surface area contributed by atoms with Crippen LogP contribution in [0, 0.1) is 13.8 Å². The number of hydrogen-bond donors (Lipinski definition) is 1. The Kier molecular flexibility index (Phi) is 5.28. The van der Waals surface area contributed by atoms with Gasteiger partial charge in [-0.05, 0) is 20.3 Å². The Morgan fingerprint density at radius 2 is 2.17 bits per heavy atom. The highest BCUT2D eigenvalue weighted by molar-refractivity contribution is 5.85. The predicted octanol–water partition coefficient (Wildman–Crippen LogP) is 1.95. The van der Waals surface area contributed by atoms with E-state index in [2.05, 4.69) is 4.98 Å². The van der Waals surface area contributed by atoms with Gasteiger partial charge >= 0.3 is 0 Å². The fourth-order valence-corrected chi connectivity index (χ4v) is 2.02. The van der Waals surface area contributed by atoms with Crippen molar-refractivity contribution in [3.05, 3.63) is 23.0 Å². The minimum Gasteiger partial charge on any atom is -0.496 e. The van der Waals surface area contributed by atoms with Gasteiger partial charge in [-0.2, -0.15) is 0 Å². The molecule has 0 radical (unpaired) electrons. The lowest BCUT2D eigenvalue weighted by Crippen LogP contribution is -2.31. The number of Topliss-reactive ketones (excluding diaryl/α,β-unsaturated/α-hetero) is 1. The molecule has 1 unspecified atom stereocenters. The van der Waals surface area contributed by atoms with Gasteiger partial charge in [-0.3, -0.25) is 9.78 Å². The number of hydrogen-bond acceptors (Lipinski definition) is 4. The normalized spacial score (nSPS) is 12.3. The average molecular weight is 250 g/mol. The molecule has 18 heavy (non-hydrogen) atoms. The van der Waals surface area contributed by atoms with Gasteiger partial charge in [0.1, 0.15) is 5.75 Å². The zero-order chi connectivity index (χ0) is 13.7. The van der Waals surface area contributed by atoms with Gasteiger partial charge in [-0.1, -0.05) is 13.3 Å². The zero-order valence-electron chi connectivity index (χ0n) is 11.6. The topological polar surface area (TPSA) is 65.2 Å². The van der Waals surface area contributed by atoms with Crippen LogP contribution in [0.15, 0.2) is 6.20 Å². The number of ketones is 1. The molecule has 0 aliphatic heterocycles. The van der Waals surface area contributed by atoms with E-state index in [9.17, 15) is 4.79 Å². The summed E-state index contributed by atoms with van der Waals surface area (Å²) in [5.74, 6) is 0.843. The van der Waals surface area contributed by atoms with Crippen LogP contribution in [0.1, 0.15) is 36.6 Å². The summed E-state index contributed by atoms with van der Waals surface area (Å²) < 4.78 is 5.32. The summed E-state index contributed by atoms with van der Waals surface area (Å²) in [4.78, 5) is 16.2. The first-order chi connectivity index (χ1) is 8.51. The van der Waals surface area contributed by atoms with Crippen LogP contribution >= 0.6 is 0 Å². The summed E-state index contributed by atoms with van der Waals surface area (Å²) in [7, 11) is 1.63. The Hall–Kier alpha value is -1.42. The molecule has 100 valence electrons. The molecular formula is C14H22N2O2. The lowest BCUT2D eigenvalue weighted by molar-refractivity contribution is -0.119. The molecule has 1 aromatic heterocycles. The largest absolute Gasteiger partial charge is 0.496 e. The third-order valence-electron chi connectivity index (χ3n) is 3.10. The molecule has 1 heterocycles. The van der Waals surface area contributed by atoms with Crippen LogP contribution in [0.25, 0.3) is 0 Å². The summed E-state index contributed by atoms with van der Waals surface area (Å²) in [6.45, 7) is 5.88. The summed E-state index contributed by atoms with van der Waals surface area (Å²) in [5, 5.41) is 0. The van der Waals surface area contributed by atoms with E-state index in [1.54, 1.807) is 13.3 Å². The van der Waals surface area contributed by atoms with Crippen molar-refractivity contribution in [2.45, 2.75) is 46.1 Å². The quantitative estimate of drug-likeness (QED) is 0.838. The number of carbonyl (C=O) groups is 1. The lowest BCUT2D eigenvalue weighted by atomic mass is 10.0. The van der Waals surface area contributed by atoms with Crippen molar-refractivity contribution in [2.75, 3.05) is 7.11 Å². The zero-order valence-corrected chi connectivity index (χ0v) is 11.6.